The van der Waals surface area contributed by atoms with Crippen molar-refractivity contribution in [2.24, 2.45) is 0 Å². The summed E-state index contributed by atoms with van der Waals surface area (Å²) in [6.07, 6.45) is 0. The van der Waals surface area contributed by atoms with Gasteiger partial charge in [-0.2, -0.15) is 0 Å². The van der Waals surface area contributed by atoms with E-state index in [9.17, 15) is 0 Å². The predicted octanol–water partition coefficient (Wildman–Crippen LogP) is 3.74. The van der Waals surface area contributed by atoms with Crippen LogP contribution in [0, 0.1) is 0 Å². The summed E-state index contributed by atoms with van der Waals surface area (Å²) in [6, 6.07) is 13.7. The van der Waals surface area contributed by atoms with Gasteiger partial charge < -0.3 is 15.4 Å². The van der Waals surface area contributed by atoms with Crippen LogP contribution in [0.15, 0.2) is 42.5 Å². The minimum Gasteiger partial charge on any atom is -0.429 e. The Morgan fingerprint density at radius 1 is 1.15 bits per heavy atom. The van der Waals surface area contributed by atoms with Crippen LogP contribution in [0.2, 0.25) is 0 Å². The monoisotopic (exact) mass is 285 g/mol. The van der Waals surface area contributed by atoms with Crippen molar-refractivity contribution in [2.75, 3.05) is 24.7 Å². The standard InChI is InChI=1S/C15H15N3OS/c1-18(2)10-7-8-11(16)13(9-10)19-15-17-12-5-3-4-6-14(12)20-15/h3-9H,16H2,1-2H3. The molecule has 3 rings (SSSR count). The van der Waals surface area contributed by atoms with Crippen LogP contribution in [0.3, 0.4) is 0 Å². The van der Waals surface area contributed by atoms with Crippen LogP contribution < -0.4 is 15.4 Å². The van der Waals surface area contributed by atoms with Crippen LogP contribution in [0.4, 0.5) is 11.4 Å². The highest BCUT2D eigenvalue weighted by Gasteiger charge is 2.09. The Morgan fingerprint density at radius 3 is 2.70 bits per heavy atom. The predicted molar refractivity (Wildman–Crippen MR) is 84.9 cm³/mol. The molecular weight excluding hydrogens is 270 g/mol. The van der Waals surface area contributed by atoms with Crippen molar-refractivity contribution in [3.63, 3.8) is 0 Å². The third-order valence-corrected chi connectivity index (χ3v) is 3.90. The van der Waals surface area contributed by atoms with Gasteiger partial charge in [0.2, 0.25) is 0 Å². The van der Waals surface area contributed by atoms with E-state index in [-0.39, 0.29) is 0 Å². The van der Waals surface area contributed by atoms with E-state index in [1.807, 2.05) is 61.5 Å². The van der Waals surface area contributed by atoms with Crippen molar-refractivity contribution in [2.45, 2.75) is 0 Å². The molecule has 20 heavy (non-hydrogen) atoms. The van der Waals surface area contributed by atoms with Gasteiger partial charge in [0.05, 0.1) is 15.9 Å². The van der Waals surface area contributed by atoms with Crippen molar-refractivity contribution in [3.05, 3.63) is 42.5 Å². The van der Waals surface area contributed by atoms with Crippen LogP contribution in [0.1, 0.15) is 0 Å². The van der Waals surface area contributed by atoms with E-state index in [0.29, 0.717) is 16.6 Å². The molecule has 4 nitrogen and oxygen atoms in total. The zero-order chi connectivity index (χ0) is 14.1. The van der Waals surface area contributed by atoms with E-state index in [2.05, 4.69) is 4.98 Å². The average Bonchev–Trinajstić information content (AvgIpc) is 2.83. The Balaban J connectivity index is 1.95. The van der Waals surface area contributed by atoms with Crippen LogP contribution in [0.5, 0.6) is 10.9 Å². The number of fused-ring (bicyclic) bond motifs is 1. The molecule has 0 fully saturated rings. The summed E-state index contributed by atoms with van der Waals surface area (Å²) >= 11 is 1.51. The molecule has 0 atom stereocenters. The highest BCUT2D eigenvalue weighted by Crippen LogP contribution is 2.35. The fraction of sp³-hybridized carbons (Fsp3) is 0.133. The normalized spacial score (nSPS) is 10.7. The number of ether oxygens (including phenoxy) is 1. The van der Waals surface area contributed by atoms with Gasteiger partial charge in [-0.25, -0.2) is 4.98 Å². The molecule has 2 N–H and O–H groups in total. The van der Waals surface area contributed by atoms with E-state index in [1.54, 1.807) is 0 Å². The zero-order valence-electron chi connectivity index (χ0n) is 11.3. The highest BCUT2D eigenvalue weighted by atomic mass is 32.1. The molecule has 1 heterocycles. The lowest BCUT2D eigenvalue weighted by molar-refractivity contribution is 0.482. The summed E-state index contributed by atoms with van der Waals surface area (Å²) in [5, 5.41) is 0.605. The first-order chi connectivity index (χ1) is 9.63. The first-order valence-electron chi connectivity index (χ1n) is 6.24. The van der Waals surface area contributed by atoms with Crippen LogP contribution >= 0.6 is 11.3 Å². The van der Waals surface area contributed by atoms with E-state index in [1.165, 1.54) is 11.3 Å². The summed E-state index contributed by atoms with van der Waals surface area (Å²) < 4.78 is 6.94. The summed E-state index contributed by atoms with van der Waals surface area (Å²) in [4.78, 5) is 6.46. The fourth-order valence-electron chi connectivity index (χ4n) is 1.88. The number of hydrogen-bond acceptors (Lipinski definition) is 5. The van der Waals surface area contributed by atoms with Gasteiger partial charge in [-0.3, -0.25) is 0 Å². The van der Waals surface area contributed by atoms with Gasteiger partial charge in [0, 0.05) is 25.8 Å². The molecule has 0 amide bonds. The lowest BCUT2D eigenvalue weighted by Gasteiger charge is -2.14. The third kappa shape index (κ3) is 2.40. The van der Waals surface area contributed by atoms with Gasteiger partial charge in [0.1, 0.15) is 0 Å². The number of hydrogen-bond donors (Lipinski definition) is 1. The number of para-hydroxylation sites is 1. The molecule has 0 saturated heterocycles. The first-order valence-corrected chi connectivity index (χ1v) is 7.05. The van der Waals surface area contributed by atoms with Crippen molar-refractivity contribution in [1.29, 1.82) is 0 Å². The van der Waals surface area contributed by atoms with Gasteiger partial charge >= 0.3 is 0 Å². The minimum atomic E-state index is 0.605. The van der Waals surface area contributed by atoms with Crippen molar-refractivity contribution >= 4 is 32.9 Å². The summed E-state index contributed by atoms with van der Waals surface area (Å²) in [7, 11) is 3.96. The summed E-state index contributed by atoms with van der Waals surface area (Å²) in [6.45, 7) is 0. The molecule has 0 radical (unpaired) electrons. The number of nitrogen functional groups attached to an aromatic ring is 1. The zero-order valence-corrected chi connectivity index (χ0v) is 12.1. The molecule has 3 aromatic rings. The van der Waals surface area contributed by atoms with E-state index in [0.717, 1.165) is 15.9 Å². The maximum Gasteiger partial charge on any atom is 0.279 e. The average molecular weight is 285 g/mol. The number of aromatic nitrogens is 1. The highest BCUT2D eigenvalue weighted by molar-refractivity contribution is 7.20. The molecule has 0 bridgehead atoms. The maximum absolute atomic E-state index is 5.97. The molecule has 1 aromatic heterocycles. The molecule has 5 heteroatoms. The number of thiazole rings is 1. The second-order valence-corrected chi connectivity index (χ2v) is 5.66. The number of nitrogens with two attached hydrogens (primary N) is 1. The van der Waals surface area contributed by atoms with Crippen molar-refractivity contribution in [1.82, 2.24) is 4.98 Å². The largest absolute Gasteiger partial charge is 0.429 e. The van der Waals surface area contributed by atoms with Crippen molar-refractivity contribution in [3.8, 4) is 10.9 Å². The maximum atomic E-state index is 5.97. The SMILES string of the molecule is CN(C)c1ccc(N)c(Oc2nc3ccccc3s2)c1. The Kier molecular flexibility index (Phi) is 3.20. The van der Waals surface area contributed by atoms with Gasteiger partial charge in [0.15, 0.2) is 5.75 Å². The molecule has 0 aliphatic carbocycles. The molecule has 0 spiro atoms. The van der Waals surface area contributed by atoms with Gasteiger partial charge in [0.25, 0.3) is 5.19 Å². The minimum absolute atomic E-state index is 0.605. The lowest BCUT2D eigenvalue weighted by Crippen LogP contribution is -2.08. The Morgan fingerprint density at radius 2 is 1.95 bits per heavy atom. The topological polar surface area (TPSA) is 51.4 Å². The second-order valence-electron chi connectivity index (χ2n) is 4.67. The Labute approximate surface area is 121 Å². The lowest BCUT2D eigenvalue weighted by atomic mass is 10.2. The Hall–Kier alpha value is -2.27. The van der Waals surface area contributed by atoms with E-state index in [4.69, 9.17) is 10.5 Å². The number of anilines is 2. The summed E-state index contributed by atoms with van der Waals surface area (Å²) in [5.41, 5.74) is 8.55. The number of rotatable bonds is 3. The smallest absolute Gasteiger partial charge is 0.279 e. The molecule has 0 aliphatic heterocycles. The van der Waals surface area contributed by atoms with Crippen LogP contribution in [-0.2, 0) is 0 Å². The van der Waals surface area contributed by atoms with E-state index >= 15 is 0 Å². The number of benzene rings is 2. The quantitative estimate of drug-likeness (QED) is 0.745. The second kappa shape index (κ2) is 5.02. The van der Waals surface area contributed by atoms with Crippen LogP contribution in [0.25, 0.3) is 10.2 Å². The van der Waals surface area contributed by atoms with Crippen molar-refractivity contribution < 1.29 is 4.74 Å². The molecule has 0 aliphatic rings. The molecular formula is C15H15N3OS. The number of nitrogens with zero attached hydrogens (tertiary/aromatic N) is 2. The molecule has 0 unspecified atom stereocenters. The van der Waals surface area contributed by atoms with Gasteiger partial charge in [-0.1, -0.05) is 23.5 Å². The fourth-order valence-corrected chi connectivity index (χ4v) is 2.71. The Bertz CT molecular complexity index is 719. The summed E-state index contributed by atoms with van der Waals surface area (Å²) in [5.74, 6) is 0.634. The van der Waals surface area contributed by atoms with Gasteiger partial charge in [-0.05, 0) is 24.3 Å². The van der Waals surface area contributed by atoms with Gasteiger partial charge in [-0.15, -0.1) is 0 Å². The van der Waals surface area contributed by atoms with E-state index < -0.39 is 0 Å². The first kappa shape index (κ1) is 12.7. The third-order valence-electron chi connectivity index (χ3n) is 2.99. The molecule has 102 valence electrons. The molecule has 0 saturated carbocycles. The molecule has 2 aromatic carbocycles. The van der Waals surface area contributed by atoms with Crippen LogP contribution in [-0.4, -0.2) is 19.1 Å².